The third-order valence-corrected chi connectivity index (χ3v) is 8.76. The SMILES string of the molecule is O=C(O)CC1CCn2c1c(C1CCC1)c1cc(OCc3ccc(C4CCCC4)c(C(F)(F)F)c3)ccc12. The van der Waals surface area contributed by atoms with Crippen LogP contribution in [0.1, 0.15) is 103 Å². The quantitative estimate of drug-likeness (QED) is 0.348. The van der Waals surface area contributed by atoms with Gasteiger partial charge in [0.1, 0.15) is 12.4 Å². The van der Waals surface area contributed by atoms with Crippen molar-refractivity contribution in [2.24, 2.45) is 0 Å². The number of ether oxygens (including phenoxy) is 1. The highest BCUT2D eigenvalue weighted by Gasteiger charge is 2.37. The Labute approximate surface area is 214 Å². The van der Waals surface area contributed by atoms with Crippen molar-refractivity contribution in [3.8, 4) is 5.75 Å². The van der Waals surface area contributed by atoms with Gasteiger partial charge in [-0.1, -0.05) is 31.4 Å². The fraction of sp³-hybridized carbons (Fsp3) is 0.500. The van der Waals surface area contributed by atoms with Gasteiger partial charge in [0.05, 0.1) is 12.0 Å². The first-order chi connectivity index (χ1) is 17.8. The molecule has 1 aromatic heterocycles. The number of fused-ring (bicyclic) bond motifs is 3. The Bertz CT molecular complexity index is 1330. The van der Waals surface area contributed by atoms with E-state index < -0.39 is 17.7 Å². The van der Waals surface area contributed by atoms with Gasteiger partial charge in [-0.2, -0.15) is 13.2 Å². The van der Waals surface area contributed by atoms with Crippen LogP contribution in [0.15, 0.2) is 36.4 Å². The average Bonchev–Trinajstić information content (AvgIpc) is 3.55. The summed E-state index contributed by atoms with van der Waals surface area (Å²) in [5, 5.41) is 10.5. The number of carboxylic acid groups (broad SMARTS) is 1. The van der Waals surface area contributed by atoms with Gasteiger partial charge < -0.3 is 14.4 Å². The summed E-state index contributed by atoms with van der Waals surface area (Å²) in [6, 6.07) is 10.6. The Kier molecular flexibility index (Phi) is 6.20. The molecule has 0 amide bonds. The highest BCUT2D eigenvalue weighted by Crippen LogP contribution is 2.49. The second kappa shape index (κ2) is 9.41. The number of aryl methyl sites for hydroxylation is 1. The summed E-state index contributed by atoms with van der Waals surface area (Å²) in [6.45, 7) is 0.873. The number of hydrogen-bond donors (Lipinski definition) is 1. The molecule has 2 fully saturated rings. The first kappa shape index (κ1) is 24.4. The summed E-state index contributed by atoms with van der Waals surface area (Å²) >= 11 is 0. The molecule has 196 valence electrons. The van der Waals surface area contributed by atoms with Crippen LogP contribution in [0.5, 0.6) is 5.75 Å². The lowest BCUT2D eigenvalue weighted by molar-refractivity contribution is -0.139. The minimum Gasteiger partial charge on any atom is -0.489 e. The number of carbonyl (C=O) groups is 1. The molecule has 1 aliphatic heterocycles. The molecule has 4 nitrogen and oxygen atoms in total. The molecule has 1 N–H and O–H groups in total. The predicted octanol–water partition coefficient (Wildman–Crippen LogP) is 8.13. The zero-order valence-electron chi connectivity index (χ0n) is 20.8. The van der Waals surface area contributed by atoms with Gasteiger partial charge in [0.15, 0.2) is 0 Å². The molecule has 1 unspecified atom stereocenters. The Morgan fingerprint density at radius 3 is 2.41 bits per heavy atom. The highest BCUT2D eigenvalue weighted by molar-refractivity contribution is 5.88. The van der Waals surface area contributed by atoms with Crippen molar-refractivity contribution in [1.82, 2.24) is 4.57 Å². The standard InChI is InChI=1S/C30H32F3NO3/c31-30(32,33)25-14-18(8-10-23(25)19-4-1-2-5-19)17-37-22-9-11-26-24(16-22)28(20-6-3-7-20)29-21(15-27(35)36)12-13-34(26)29/h8-11,14,16,19-21H,1-7,12-13,15,17H2,(H,35,36). The normalized spacial score (nSPS) is 20.4. The van der Waals surface area contributed by atoms with Crippen LogP contribution in [-0.4, -0.2) is 15.6 Å². The second-order valence-electron chi connectivity index (χ2n) is 11.0. The number of hydrogen-bond acceptors (Lipinski definition) is 2. The second-order valence-corrected chi connectivity index (χ2v) is 11.0. The van der Waals surface area contributed by atoms with Crippen molar-refractivity contribution in [3.63, 3.8) is 0 Å². The summed E-state index contributed by atoms with van der Waals surface area (Å²) in [5.41, 5.74) is 3.91. The first-order valence-corrected chi connectivity index (χ1v) is 13.5. The number of alkyl halides is 3. The van der Waals surface area contributed by atoms with E-state index in [2.05, 4.69) is 4.57 Å². The van der Waals surface area contributed by atoms with Crippen LogP contribution in [0.3, 0.4) is 0 Å². The number of rotatable bonds is 7. The Balaban J connectivity index is 1.29. The van der Waals surface area contributed by atoms with Gasteiger partial charge in [-0.3, -0.25) is 4.79 Å². The van der Waals surface area contributed by atoms with E-state index in [1.807, 2.05) is 18.2 Å². The zero-order chi connectivity index (χ0) is 25.7. The number of nitrogens with zero attached hydrogens (tertiary/aromatic N) is 1. The molecule has 2 heterocycles. The summed E-state index contributed by atoms with van der Waals surface area (Å²) < 4.78 is 50.0. The van der Waals surface area contributed by atoms with Gasteiger partial charge in [-0.25, -0.2) is 0 Å². The molecule has 6 rings (SSSR count). The van der Waals surface area contributed by atoms with Crippen molar-refractivity contribution in [2.75, 3.05) is 0 Å². The lowest BCUT2D eigenvalue weighted by atomic mass is 9.77. The predicted molar refractivity (Wildman–Crippen MR) is 135 cm³/mol. The van der Waals surface area contributed by atoms with E-state index in [1.165, 1.54) is 18.1 Å². The first-order valence-electron chi connectivity index (χ1n) is 13.5. The third-order valence-electron chi connectivity index (χ3n) is 8.76. The number of benzene rings is 2. The third kappa shape index (κ3) is 4.51. The van der Waals surface area contributed by atoms with Crippen LogP contribution in [0.4, 0.5) is 13.2 Å². The van der Waals surface area contributed by atoms with E-state index in [0.717, 1.165) is 68.1 Å². The molecule has 2 aliphatic carbocycles. The summed E-state index contributed by atoms with van der Waals surface area (Å²) in [6.07, 6.45) is 3.58. The fourth-order valence-corrected chi connectivity index (χ4v) is 6.81. The minimum atomic E-state index is -4.38. The minimum absolute atomic E-state index is 0.0133. The molecule has 0 bridgehead atoms. The molecular weight excluding hydrogens is 479 g/mol. The Morgan fingerprint density at radius 1 is 0.973 bits per heavy atom. The van der Waals surface area contributed by atoms with Crippen molar-refractivity contribution >= 4 is 16.9 Å². The fourth-order valence-electron chi connectivity index (χ4n) is 6.81. The number of aliphatic carboxylic acids is 1. The average molecular weight is 512 g/mol. The molecule has 0 radical (unpaired) electrons. The molecule has 0 saturated heterocycles. The maximum Gasteiger partial charge on any atom is 0.416 e. The van der Waals surface area contributed by atoms with Crippen LogP contribution in [0.2, 0.25) is 0 Å². The van der Waals surface area contributed by atoms with Crippen molar-refractivity contribution in [1.29, 1.82) is 0 Å². The van der Waals surface area contributed by atoms with Gasteiger partial charge in [-0.15, -0.1) is 0 Å². The maximum absolute atomic E-state index is 13.9. The lowest BCUT2D eigenvalue weighted by Crippen LogP contribution is -2.13. The lowest BCUT2D eigenvalue weighted by Gasteiger charge is -2.27. The molecule has 37 heavy (non-hydrogen) atoms. The smallest absolute Gasteiger partial charge is 0.416 e. The van der Waals surface area contributed by atoms with Crippen LogP contribution in [-0.2, 0) is 24.1 Å². The Hall–Kier alpha value is -2.96. The molecule has 7 heteroatoms. The molecule has 1 atom stereocenters. The van der Waals surface area contributed by atoms with Crippen molar-refractivity contribution in [3.05, 3.63) is 64.3 Å². The summed E-state index contributed by atoms with van der Waals surface area (Å²) in [5.74, 6) is 0.288. The molecule has 0 spiro atoms. The topological polar surface area (TPSA) is 51.5 Å². The Morgan fingerprint density at radius 2 is 1.73 bits per heavy atom. The number of carboxylic acids is 1. The van der Waals surface area contributed by atoms with E-state index in [4.69, 9.17) is 4.74 Å². The van der Waals surface area contributed by atoms with Crippen LogP contribution in [0.25, 0.3) is 10.9 Å². The zero-order valence-corrected chi connectivity index (χ0v) is 20.8. The number of halogens is 3. The van der Waals surface area contributed by atoms with Crippen molar-refractivity contribution in [2.45, 2.75) is 94.9 Å². The summed E-state index contributed by atoms with van der Waals surface area (Å²) in [4.78, 5) is 11.5. The highest BCUT2D eigenvalue weighted by atomic mass is 19.4. The van der Waals surface area contributed by atoms with E-state index in [0.29, 0.717) is 22.8 Å². The van der Waals surface area contributed by atoms with Crippen LogP contribution < -0.4 is 4.74 Å². The summed E-state index contributed by atoms with van der Waals surface area (Å²) in [7, 11) is 0. The molecule has 2 aromatic carbocycles. The van der Waals surface area contributed by atoms with Gasteiger partial charge >= 0.3 is 12.1 Å². The molecule has 2 saturated carbocycles. The molecule has 3 aliphatic rings. The van der Waals surface area contributed by atoms with Gasteiger partial charge in [-0.05, 0) is 84.9 Å². The monoisotopic (exact) mass is 511 g/mol. The van der Waals surface area contributed by atoms with Crippen LogP contribution >= 0.6 is 0 Å². The van der Waals surface area contributed by atoms with E-state index in [9.17, 15) is 23.1 Å². The van der Waals surface area contributed by atoms with E-state index in [-0.39, 0.29) is 24.9 Å². The van der Waals surface area contributed by atoms with E-state index in [1.54, 1.807) is 12.1 Å². The van der Waals surface area contributed by atoms with Crippen LogP contribution in [0, 0.1) is 0 Å². The van der Waals surface area contributed by atoms with E-state index >= 15 is 0 Å². The van der Waals surface area contributed by atoms with Crippen molar-refractivity contribution < 1.29 is 27.8 Å². The molecular formula is C30H32F3NO3. The van der Waals surface area contributed by atoms with Gasteiger partial charge in [0, 0.05) is 29.1 Å². The van der Waals surface area contributed by atoms with Gasteiger partial charge in [0.25, 0.3) is 0 Å². The van der Waals surface area contributed by atoms with Gasteiger partial charge in [0.2, 0.25) is 0 Å². The molecule has 3 aromatic rings. The number of aromatic nitrogens is 1. The largest absolute Gasteiger partial charge is 0.489 e. The maximum atomic E-state index is 13.9.